The maximum Gasteiger partial charge on any atom is 0.147 e. The van der Waals surface area contributed by atoms with Gasteiger partial charge in [0, 0.05) is 40.3 Å². The summed E-state index contributed by atoms with van der Waals surface area (Å²) in [5.41, 5.74) is 2.29. The van der Waals surface area contributed by atoms with Gasteiger partial charge in [-0.25, -0.2) is 0 Å². The molecule has 0 bridgehead atoms. The van der Waals surface area contributed by atoms with Crippen molar-refractivity contribution in [2.45, 2.75) is 12.6 Å². The summed E-state index contributed by atoms with van der Waals surface area (Å²) >= 11 is 5.12. The molecule has 0 fully saturated rings. The molecule has 2 aromatic rings. The molecule has 2 rings (SSSR count). The second kappa shape index (κ2) is 7.84. The summed E-state index contributed by atoms with van der Waals surface area (Å²) in [6.45, 7) is 0.655. The molecule has 1 unspecified atom stereocenters. The van der Waals surface area contributed by atoms with Crippen molar-refractivity contribution in [3.05, 3.63) is 34.4 Å². The van der Waals surface area contributed by atoms with Gasteiger partial charge in [-0.05, 0) is 24.0 Å². The second-order valence-electron chi connectivity index (χ2n) is 4.62. The highest BCUT2D eigenvalue weighted by Crippen LogP contribution is 2.23. The molecule has 114 valence electrons. The van der Waals surface area contributed by atoms with Crippen molar-refractivity contribution >= 4 is 44.3 Å². The average Bonchev–Trinajstić information content (AvgIpc) is 2.86. The first-order valence-electron chi connectivity index (χ1n) is 6.52. The Morgan fingerprint density at radius 1 is 1.52 bits per heavy atom. The van der Waals surface area contributed by atoms with Gasteiger partial charge in [-0.3, -0.25) is 5.32 Å². The number of aliphatic hydroxyl groups excluding tert-OH is 1. The number of hydrogen-bond donors (Lipinski definition) is 4. The molecule has 0 spiro atoms. The first-order chi connectivity index (χ1) is 10.2. The summed E-state index contributed by atoms with van der Waals surface area (Å²) in [6, 6.07) is 5.94. The summed E-state index contributed by atoms with van der Waals surface area (Å²) in [7, 11) is 0. The molecule has 0 radical (unpaired) electrons. The van der Waals surface area contributed by atoms with Gasteiger partial charge in [0.2, 0.25) is 0 Å². The normalized spacial score (nSPS) is 13.8. The maximum absolute atomic E-state index is 10.0. The van der Waals surface area contributed by atoms with E-state index in [9.17, 15) is 5.11 Å². The van der Waals surface area contributed by atoms with Crippen LogP contribution in [-0.2, 0) is 6.42 Å². The number of fused-ring (bicyclic) bond motifs is 1. The molecule has 1 aromatic heterocycles. The lowest BCUT2D eigenvalue weighted by atomic mass is 10.1. The minimum atomic E-state index is -0.942. The van der Waals surface area contributed by atoms with Gasteiger partial charge < -0.3 is 15.3 Å². The molecular formula is C14H18BrN3O2S. The van der Waals surface area contributed by atoms with Gasteiger partial charge in [-0.1, -0.05) is 27.2 Å². The van der Waals surface area contributed by atoms with Gasteiger partial charge in [-0.2, -0.15) is 11.8 Å². The van der Waals surface area contributed by atoms with E-state index in [-0.39, 0.29) is 0 Å². The molecule has 1 heterocycles. The zero-order valence-electron chi connectivity index (χ0n) is 11.6. The van der Waals surface area contributed by atoms with Crippen LogP contribution < -0.4 is 5.32 Å². The topological polar surface area (TPSA) is 80.6 Å². The summed E-state index contributed by atoms with van der Waals surface area (Å²) < 4.78 is 0.998. The van der Waals surface area contributed by atoms with E-state index in [4.69, 9.17) is 5.21 Å². The Hall–Kier alpha value is -1.02. The first kappa shape index (κ1) is 16.4. The molecule has 1 atom stereocenters. The van der Waals surface area contributed by atoms with E-state index in [2.05, 4.69) is 31.4 Å². The van der Waals surface area contributed by atoms with E-state index in [0.717, 1.165) is 26.7 Å². The largest absolute Gasteiger partial charge is 0.411 e. The highest BCUT2D eigenvalue weighted by molar-refractivity contribution is 9.10. The number of aliphatic hydroxyl groups is 1. The minimum absolute atomic E-state index is 0.305. The minimum Gasteiger partial charge on any atom is -0.411 e. The van der Waals surface area contributed by atoms with Crippen LogP contribution in [0.4, 0.5) is 0 Å². The van der Waals surface area contributed by atoms with Crippen LogP contribution in [-0.4, -0.2) is 45.8 Å². The molecular weight excluding hydrogens is 354 g/mol. The van der Waals surface area contributed by atoms with Crippen LogP contribution in [0, 0.1) is 0 Å². The van der Waals surface area contributed by atoms with Gasteiger partial charge in [-0.15, -0.1) is 0 Å². The standard InChI is InChI=1S/C14H18BrN3O2S/c1-21-5-4-16-14(19)13(18-20)6-9-8-17-12-7-10(15)2-3-11(9)12/h2-3,7-8,14,16-17,19-20H,4-6H2,1H3/b18-13-. The number of aromatic amines is 1. The van der Waals surface area contributed by atoms with Crippen molar-refractivity contribution in [3.63, 3.8) is 0 Å². The lowest BCUT2D eigenvalue weighted by Crippen LogP contribution is -2.38. The van der Waals surface area contributed by atoms with Crippen molar-refractivity contribution in [2.75, 3.05) is 18.6 Å². The van der Waals surface area contributed by atoms with Crippen LogP contribution in [0.2, 0.25) is 0 Å². The van der Waals surface area contributed by atoms with Crippen LogP contribution in [0.1, 0.15) is 5.56 Å². The number of oxime groups is 1. The second-order valence-corrected chi connectivity index (χ2v) is 6.52. The van der Waals surface area contributed by atoms with E-state index in [1.165, 1.54) is 0 Å². The Labute approximate surface area is 135 Å². The molecule has 7 heteroatoms. The zero-order valence-corrected chi connectivity index (χ0v) is 14.0. The fourth-order valence-corrected chi connectivity index (χ4v) is 2.79. The van der Waals surface area contributed by atoms with Crippen LogP contribution >= 0.6 is 27.7 Å². The summed E-state index contributed by atoms with van der Waals surface area (Å²) in [4.78, 5) is 3.18. The fourth-order valence-electron chi connectivity index (χ4n) is 2.10. The average molecular weight is 372 g/mol. The van der Waals surface area contributed by atoms with Crippen LogP contribution in [0.25, 0.3) is 10.9 Å². The van der Waals surface area contributed by atoms with Crippen LogP contribution in [0.3, 0.4) is 0 Å². The highest BCUT2D eigenvalue weighted by atomic mass is 79.9. The molecule has 0 amide bonds. The van der Waals surface area contributed by atoms with E-state index in [0.29, 0.717) is 18.7 Å². The van der Waals surface area contributed by atoms with Gasteiger partial charge in [0.1, 0.15) is 11.9 Å². The van der Waals surface area contributed by atoms with E-state index in [1.807, 2.05) is 30.7 Å². The summed E-state index contributed by atoms with van der Waals surface area (Å²) in [6.07, 6.45) is 3.31. The van der Waals surface area contributed by atoms with Crippen molar-refractivity contribution < 1.29 is 10.3 Å². The number of benzene rings is 1. The number of aromatic nitrogens is 1. The Balaban J connectivity index is 2.10. The predicted octanol–water partition coefficient (Wildman–Crippen LogP) is 2.57. The van der Waals surface area contributed by atoms with Gasteiger partial charge in [0.25, 0.3) is 0 Å². The highest BCUT2D eigenvalue weighted by Gasteiger charge is 2.15. The summed E-state index contributed by atoms with van der Waals surface area (Å²) in [5.74, 6) is 0.886. The number of nitrogens with one attached hydrogen (secondary N) is 2. The molecule has 4 N–H and O–H groups in total. The van der Waals surface area contributed by atoms with Crippen molar-refractivity contribution in [2.24, 2.45) is 5.16 Å². The van der Waals surface area contributed by atoms with E-state index < -0.39 is 6.23 Å². The number of rotatable bonds is 7. The van der Waals surface area contributed by atoms with E-state index >= 15 is 0 Å². The van der Waals surface area contributed by atoms with Crippen molar-refractivity contribution in [1.29, 1.82) is 0 Å². The zero-order chi connectivity index (χ0) is 15.2. The number of hydrogen-bond acceptors (Lipinski definition) is 5. The molecule has 0 aliphatic carbocycles. The third-order valence-corrected chi connectivity index (χ3v) is 4.29. The number of nitrogens with zero attached hydrogens (tertiary/aromatic N) is 1. The monoisotopic (exact) mass is 371 g/mol. The third kappa shape index (κ3) is 4.23. The number of thioether (sulfide) groups is 1. The molecule has 0 aliphatic rings. The van der Waals surface area contributed by atoms with Crippen molar-refractivity contribution in [1.82, 2.24) is 10.3 Å². The van der Waals surface area contributed by atoms with Gasteiger partial charge >= 0.3 is 0 Å². The number of halogens is 1. The van der Waals surface area contributed by atoms with Crippen molar-refractivity contribution in [3.8, 4) is 0 Å². The molecule has 0 aliphatic heterocycles. The quantitative estimate of drug-likeness (QED) is 0.198. The predicted molar refractivity (Wildman–Crippen MR) is 91.3 cm³/mol. The molecule has 5 nitrogen and oxygen atoms in total. The lowest BCUT2D eigenvalue weighted by molar-refractivity contribution is 0.196. The fraction of sp³-hybridized carbons (Fsp3) is 0.357. The maximum atomic E-state index is 10.0. The Morgan fingerprint density at radius 2 is 2.33 bits per heavy atom. The molecule has 0 saturated carbocycles. The Morgan fingerprint density at radius 3 is 3.05 bits per heavy atom. The van der Waals surface area contributed by atoms with Gasteiger partial charge in [0.05, 0.1) is 0 Å². The van der Waals surface area contributed by atoms with Gasteiger partial charge in [0.15, 0.2) is 0 Å². The lowest BCUT2D eigenvalue weighted by Gasteiger charge is -2.13. The van der Waals surface area contributed by atoms with Crippen LogP contribution in [0.5, 0.6) is 0 Å². The molecule has 1 aromatic carbocycles. The third-order valence-electron chi connectivity index (χ3n) is 3.19. The van der Waals surface area contributed by atoms with Crippen LogP contribution in [0.15, 0.2) is 34.0 Å². The SMILES string of the molecule is CSCCNC(O)/C(Cc1c[nH]c2cc(Br)ccc12)=N\O. The van der Waals surface area contributed by atoms with E-state index in [1.54, 1.807) is 11.8 Å². The Kier molecular flexibility index (Phi) is 6.10. The first-order valence-corrected chi connectivity index (χ1v) is 8.71. The molecule has 21 heavy (non-hydrogen) atoms. The summed E-state index contributed by atoms with van der Waals surface area (Å²) in [5, 5.41) is 26.4. The smallest absolute Gasteiger partial charge is 0.147 e. The number of H-pyrrole nitrogens is 1. The molecule has 0 saturated heterocycles. The Bertz CT molecular complexity index is 630.